The number of piperidine rings is 1. The monoisotopic (exact) mass is 422 g/mol. The van der Waals surface area contributed by atoms with Gasteiger partial charge in [-0.3, -0.25) is 14.6 Å². The van der Waals surface area contributed by atoms with Gasteiger partial charge in [0, 0.05) is 35.8 Å². The van der Waals surface area contributed by atoms with Crippen molar-refractivity contribution < 1.29 is 4.79 Å². The number of likely N-dealkylation sites (tertiary alicyclic amines) is 1. The first kappa shape index (κ1) is 19.9. The zero-order chi connectivity index (χ0) is 20.7. The van der Waals surface area contributed by atoms with Crippen molar-refractivity contribution in [2.75, 3.05) is 11.4 Å². The lowest BCUT2D eigenvalue weighted by atomic mass is 9.81. The predicted molar refractivity (Wildman–Crippen MR) is 121 cm³/mol. The molecule has 2 aromatic rings. The van der Waals surface area contributed by atoms with Crippen molar-refractivity contribution in [3.63, 3.8) is 0 Å². The molecule has 0 N–H and O–H groups in total. The molecule has 158 valence electrons. The minimum Gasteiger partial charge on any atom is -0.295 e. The van der Waals surface area contributed by atoms with Crippen LogP contribution in [0.2, 0.25) is 0 Å². The van der Waals surface area contributed by atoms with Crippen molar-refractivity contribution >= 4 is 23.1 Å². The number of rotatable bonds is 5. The number of thiazole rings is 1. The maximum atomic E-state index is 12.8. The molecular weight excluding hydrogens is 392 g/mol. The summed E-state index contributed by atoms with van der Waals surface area (Å²) in [5.41, 5.74) is 4.02. The number of carbonyl (C=O) groups excluding carboxylic acids is 1. The van der Waals surface area contributed by atoms with Crippen LogP contribution in [0.4, 0.5) is 5.82 Å². The van der Waals surface area contributed by atoms with Crippen molar-refractivity contribution in [3.05, 3.63) is 52.1 Å². The standard InChI is InChI=1S/C24H30N4OS/c1-17-5-3-8-22(26-17)28-23(29)9-10-24(28)11-12-27(18(2)14-24)15-21-20(25-16-30-21)13-19-6-4-7-19/h3,5,8-10,16,18-19H,4,6-7,11-15H2,1-2H3/t18-,24+/m0/s1. The first-order valence-corrected chi connectivity index (χ1v) is 12.0. The summed E-state index contributed by atoms with van der Waals surface area (Å²) < 4.78 is 0. The number of aromatic nitrogens is 2. The van der Waals surface area contributed by atoms with Crippen LogP contribution in [-0.4, -0.2) is 38.9 Å². The minimum atomic E-state index is -0.254. The van der Waals surface area contributed by atoms with E-state index in [0.29, 0.717) is 6.04 Å². The van der Waals surface area contributed by atoms with Gasteiger partial charge in [0.2, 0.25) is 0 Å². The van der Waals surface area contributed by atoms with Crippen molar-refractivity contribution in [2.45, 2.75) is 70.5 Å². The van der Waals surface area contributed by atoms with Gasteiger partial charge in [-0.1, -0.05) is 31.4 Å². The fraction of sp³-hybridized carbons (Fsp3) is 0.542. The van der Waals surface area contributed by atoms with E-state index in [-0.39, 0.29) is 11.4 Å². The van der Waals surface area contributed by atoms with Crippen molar-refractivity contribution in [3.8, 4) is 0 Å². The molecule has 4 heterocycles. The zero-order valence-corrected chi connectivity index (χ0v) is 18.7. The van der Waals surface area contributed by atoms with Crippen molar-refractivity contribution in [1.82, 2.24) is 14.9 Å². The number of pyridine rings is 1. The highest BCUT2D eigenvalue weighted by atomic mass is 32.1. The summed E-state index contributed by atoms with van der Waals surface area (Å²) in [6, 6.07) is 6.32. The van der Waals surface area contributed by atoms with Gasteiger partial charge in [0.05, 0.1) is 16.7 Å². The smallest absolute Gasteiger partial charge is 0.252 e. The van der Waals surface area contributed by atoms with Gasteiger partial charge in [-0.05, 0) is 51.2 Å². The Morgan fingerprint density at radius 1 is 1.30 bits per heavy atom. The minimum absolute atomic E-state index is 0.0546. The molecule has 1 saturated carbocycles. The van der Waals surface area contributed by atoms with E-state index in [2.05, 4.69) is 27.9 Å². The van der Waals surface area contributed by atoms with Crippen LogP contribution in [0.3, 0.4) is 0 Å². The van der Waals surface area contributed by atoms with E-state index in [4.69, 9.17) is 0 Å². The molecule has 1 saturated heterocycles. The van der Waals surface area contributed by atoms with Gasteiger partial charge >= 0.3 is 0 Å². The van der Waals surface area contributed by atoms with Crippen molar-refractivity contribution in [2.24, 2.45) is 5.92 Å². The quantitative estimate of drug-likeness (QED) is 0.711. The second-order valence-electron chi connectivity index (χ2n) is 9.24. The van der Waals surface area contributed by atoms with E-state index in [1.54, 1.807) is 17.4 Å². The highest BCUT2D eigenvalue weighted by molar-refractivity contribution is 7.09. The summed E-state index contributed by atoms with van der Waals surface area (Å²) in [4.78, 5) is 28.0. The van der Waals surface area contributed by atoms with Crippen molar-refractivity contribution in [1.29, 1.82) is 0 Å². The summed E-state index contributed by atoms with van der Waals surface area (Å²) in [5.74, 6) is 1.67. The Morgan fingerprint density at radius 2 is 2.17 bits per heavy atom. The Labute approximate surface area is 182 Å². The van der Waals surface area contributed by atoms with E-state index in [1.807, 2.05) is 35.5 Å². The van der Waals surface area contributed by atoms with Gasteiger partial charge in [-0.15, -0.1) is 11.3 Å². The molecule has 0 aromatic carbocycles. The third kappa shape index (κ3) is 3.60. The number of carbonyl (C=O) groups is 1. The maximum Gasteiger partial charge on any atom is 0.252 e. The van der Waals surface area contributed by atoms with Gasteiger partial charge in [-0.2, -0.15) is 0 Å². The predicted octanol–water partition coefficient (Wildman–Crippen LogP) is 4.52. The largest absolute Gasteiger partial charge is 0.295 e. The van der Waals surface area contributed by atoms with Crippen LogP contribution in [0.5, 0.6) is 0 Å². The first-order valence-electron chi connectivity index (χ1n) is 11.2. The Hall–Kier alpha value is -2.05. The molecule has 30 heavy (non-hydrogen) atoms. The van der Waals surface area contributed by atoms with E-state index in [9.17, 15) is 4.79 Å². The SMILES string of the molecule is Cc1cccc(N2C(=O)C=C[C@]23CCN(Cc2scnc2CC2CCC2)[C@@H](C)C3)n1. The third-order valence-corrected chi connectivity index (χ3v) is 8.05. The van der Waals surface area contributed by atoms with E-state index >= 15 is 0 Å². The molecule has 2 aliphatic heterocycles. The number of hydrogen-bond acceptors (Lipinski definition) is 5. The molecule has 1 aliphatic carbocycles. The molecule has 6 heteroatoms. The van der Waals surface area contributed by atoms with E-state index < -0.39 is 0 Å². The summed E-state index contributed by atoms with van der Waals surface area (Å²) in [5, 5.41) is 0. The van der Waals surface area contributed by atoms with Gasteiger partial charge in [0.1, 0.15) is 5.82 Å². The Morgan fingerprint density at radius 3 is 2.90 bits per heavy atom. The fourth-order valence-corrected chi connectivity index (χ4v) is 6.04. The Kier molecular flexibility index (Phi) is 5.23. The molecule has 1 amide bonds. The average Bonchev–Trinajstić information content (AvgIpc) is 3.25. The molecule has 3 aliphatic rings. The van der Waals surface area contributed by atoms with E-state index in [0.717, 1.165) is 49.8 Å². The maximum absolute atomic E-state index is 12.8. The molecule has 5 nitrogen and oxygen atoms in total. The lowest BCUT2D eigenvalue weighted by Crippen LogP contribution is -2.56. The molecule has 5 rings (SSSR count). The van der Waals surface area contributed by atoms with Crippen LogP contribution < -0.4 is 4.90 Å². The topological polar surface area (TPSA) is 49.3 Å². The number of nitrogens with zero attached hydrogens (tertiary/aromatic N) is 4. The van der Waals surface area contributed by atoms with Crippen LogP contribution in [0, 0.1) is 12.8 Å². The Balaban J connectivity index is 1.31. The second-order valence-corrected chi connectivity index (χ2v) is 10.2. The first-order chi connectivity index (χ1) is 14.5. The second kappa shape index (κ2) is 7.89. The molecular formula is C24H30N4OS. The highest BCUT2D eigenvalue weighted by Gasteiger charge is 2.47. The van der Waals surface area contributed by atoms with Crippen LogP contribution in [0.25, 0.3) is 0 Å². The third-order valence-electron chi connectivity index (χ3n) is 7.19. The molecule has 2 aromatic heterocycles. The van der Waals surface area contributed by atoms with Crippen LogP contribution in [0.15, 0.2) is 35.9 Å². The number of amides is 1. The summed E-state index contributed by atoms with van der Waals surface area (Å²) in [6.45, 7) is 6.23. The lowest BCUT2D eigenvalue weighted by Gasteiger charge is -2.47. The lowest BCUT2D eigenvalue weighted by molar-refractivity contribution is -0.114. The summed E-state index contributed by atoms with van der Waals surface area (Å²) in [6.07, 6.45) is 11.0. The molecule has 0 unspecified atom stereocenters. The van der Waals surface area contributed by atoms with Crippen LogP contribution in [-0.2, 0) is 17.8 Å². The molecule has 2 atom stereocenters. The zero-order valence-electron chi connectivity index (χ0n) is 17.9. The fourth-order valence-electron chi connectivity index (χ4n) is 5.22. The van der Waals surface area contributed by atoms with Crippen LogP contribution in [0.1, 0.15) is 55.3 Å². The highest BCUT2D eigenvalue weighted by Crippen LogP contribution is 2.40. The Bertz CT molecular complexity index is 966. The van der Waals surface area contributed by atoms with Crippen LogP contribution >= 0.6 is 11.3 Å². The van der Waals surface area contributed by atoms with Gasteiger partial charge < -0.3 is 0 Å². The summed E-state index contributed by atoms with van der Waals surface area (Å²) in [7, 11) is 0. The van der Waals surface area contributed by atoms with Gasteiger partial charge in [0.15, 0.2) is 0 Å². The number of anilines is 1. The normalized spacial score (nSPS) is 27.2. The molecule has 0 bridgehead atoms. The molecule has 2 fully saturated rings. The number of aryl methyl sites for hydroxylation is 1. The summed E-state index contributed by atoms with van der Waals surface area (Å²) >= 11 is 1.80. The van der Waals surface area contributed by atoms with Gasteiger partial charge in [-0.25, -0.2) is 9.97 Å². The van der Waals surface area contributed by atoms with E-state index in [1.165, 1.54) is 29.8 Å². The molecule has 1 spiro atoms. The van der Waals surface area contributed by atoms with Gasteiger partial charge in [0.25, 0.3) is 5.91 Å². The molecule has 0 radical (unpaired) electrons. The average molecular weight is 423 g/mol. The number of hydrogen-bond donors (Lipinski definition) is 0.